The molecule has 3 radical (unpaired) electrons. The molecule has 11 heavy (non-hydrogen) atoms. The lowest BCUT2D eigenvalue weighted by Gasteiger charge is -1.90. The van der Waals surface area contributed by atoms with E-state index in [2.05, 4.69) is 9.97 Å². The SMILES string of the molecule is [N].c1ccc2ncncc2c1. The third-order valence-electron chi connectivity index (χ3n) is 1.41. The van der Waals surface area contributed by atoms with E-state index in [1.165, 1.54) is 0 Å². The van der Waals surface area contributed by atoms with Gasteiger partial charge in [0.15, 0.2) is 0 Å². The number of nitrogens with zero attached hydrogens (tertiary/aromatic N) is 3. The van der Waals surface area contributed by atoms with Crippen molar-refractivity contribution in [2.45, 2.75) is 0 Å². The molecule has 3 heteroatoms. The Bertz CT molecular complexity index is 280. The number of para-hydroxylation sites is 1. The molecule has 0 saturated carbocycles. The Morgan fingerprint density at radius 1 is 1.09 bits per heavy atom. The molecule has 53 valence electrons. The van der Waals surface area contributed by atoms with Crippen molar-refractivity contribution < 1.29 is 0 Å². The minimum absolute atomic E-state index is 0. The van der Waals surface area contributed by atoms with Crippen LogP contribution >= 0.6 is 0 Å². The quantitative estimate of drug-likeness (QED) is 0.556. The molecule has 0 aliphatic carbocycles. The van der Waals surface area contributed by atoms with Gasteiger partial charge in [-0.05, 0) is 6.07 Å². The lowest BCUT2D eigenvalue weighted by molar-refractivity contribution is 1.22. The number of hydrogen-bond acceptors (Lipinski definition) is 2. The predicted molar refractivity (Wildman–Crippen MR) is 41.7 cm³/mol. The van der Waals surface area contributed by atoms with Crippen LogP contribution in [0.15, 0.2) is 36.8 Å². The summed E-state index contributed by atoms with van der Waals surface area (Å²) < 4.78 is 0. The zero-order valence-electron chi connectivity index (χ0n) is 5.81. The molecule has 1 aromatic heterocycles. The van der Waals surface area contributed by atoms with Crippen molar-refractivity contribution >= 4 is 10.9 Å². The van der Waals surface area contributed by atoms with Crippen molar-refractivity contribution in [3.63, 3.8) is 0 Å². The first-order valence-electron chi connectivity index (χ1n) is 3.11. The third-order valence-corrected chi connectivity index (χ3v) is 1.41. The lowest BCUT2D eigenvalue weighted by Crippen LogP contribution is -1.77. The molecule has 2 rings (SSSR count). The summed E-state index contributed by atoms with van der Waals surface area (Å²) in [6.45, 7) is 0. The van der Waals surface area contributed by atoms with Gasteiger partial charge in [0.25, 0.3) is 0 Å². The Morgan fingerprint density at radius 3 is 2.73 bits per heavy atom. The smallest absolute Gasteiger partial charge is 0.116 e. The normalized spacial score (nSPS) is 9.09. The molecule has 0 spiro atoms. The molecule has 0 aliphatic heterocycles. The zero-order chi connectivity index (χ0) is 6.81. The largest absolute Gasteiger partial charge is 0.244 e. The van der Waals surface area contributed by atoms with Crippen molar-refractivity contribution in [3.8, 4) is 0 Å². The standard InChI is InChI=1S/C8H6N2.N/c1-2-4-8-7(3-1)5-9-6-10-8;/h1-6H;. The maximum Gasteiger partial charge on any atom is 0.116 e. The highest BCUT2D eigenvalue weighted by Gasteiger charge is 1.87. The number of aromatic nitrogens is 2. The number of hydrogen-bond donors (Lipinski definition) is 0. The summed E-state index contributed by atoms with van der Waals surface area (Å²) in [6.07, 6.45) is 3.37. The van der Waals surface area contributed by atoms with E-state index in [9.17, 15) is 0 Å². The van der Waals surface area contributed by atoms with E-state index in [1.807, 2.05) is 30.5 Å². The van der Waals surface area contributed by atoms with E-state index in [0.717, 1.165) is 10.9 Å². The molecule has 0 saturated heterocycles. The Balaban J connectivity index is 0.000000605. The highest BCUT2D eigenvalue weighted by Crippen LogP contribution is 2.06. The maximum atomic E-state index is 4.07. The van der Waals surface area contributed by atoms with E-state index >= 15 is 0 Å². The topological polar surface area (TPSA) is 56.3 Å². The van der Waals surface area contributed by atoms with Gasteiger partial charge < -0.3 is 0 Å². The maximum absolute atomic E-state index is 4.07. The Morgan fingerprint density at radius 2 is 1.91 bits per heavy atom. The van der Waals surface area contributed by atoms with Crippen molar-refractivity contribution in [2.24, 2.45) is 0 Å². The summed E-state index contributed by atoms with van der Waals surface area (Å²) in [5.41, 5.74) is 0.998. The fourth-order valence-electron chi connectivity index (χ4n) is 0.923. The molecular formula is C8H6N3. The highest BCUT2D eigenvalue weighted by atomic mass is 14.8. The molecule has 0 aliphatic rings. The highest BCUT2D eigenvalue weighted by molar-refractivity contribution is 5.76. The van der Waals surface area contributed by atoms with Crippen LogP contribution in [0.3, 0.4) is 0 Å². The second kappa shape index (κ2) is 3.07. The van der Waals surface area contributed by atoms with Crippen LogP contribution in [-0.2, 0) is 0 Å². The lowest BCUT2D eigenvalue weighted by atomic mass is 10.2. The zero-order valence-corrected chi connectivity index (χ0v) is 5.81. The fourth-order valence-corrected chi connectivity index (χ4v) is 0.923. The second-order valence-corrected chi connectivity index (χ2v) is 2.08. The van der Waals surface area contributed by atoms with Crippen molar-refractivity contribution in [1.29, 1.82) is 0 Å². The van der Waals surface area contributed by atoms with Gasteiger partial charge in [0.1, 0.15) is 6.33 Å². The van der Waals surface area contributed by atoms with Crippen LogP contribution in [0.2, 0.25) is 0 Å². The van der Waals surface area contributed by atoms with Crippen LogP contribution in [0.1, 0.15) is 0 Å². The van der Waals surface area contributed by atoms with Crippen molar-refractivity contribution in [3.05, 3.63) is 36.8 Å². The number of fused-ring (bicyclic) bond motifs is 1. The third kappa shape index (κ3) is 1.33. The van der Waals surface area contributed by atoms with Gasteiger partial charge in [-0.1, -0.05) is 18.2 Å². The molecule has 0 atom stereocenters. The Kier molecular flexibility index (Phi) is 2.13. The first kappa shape index (κ1) is 7.63. The molecule has 0 amide bonds. The summed E-state index contributed by atoms with van der Waals surface area (Å²) in [5, 5.41) is 1.09. The van der Waals surface area contributed by atoms with E-state index in [1.54, 1.807) is 6.33 Å². The molecule has 0 fully saturated rings. The molecule has 3 nitrogen and oxygen atoms in total. The van der Waals surface area contributed by atoms with Crippen LogP contribution < -0.4 is 6.15 Å². The van der Waals surface area contributed by atoms with Crippen LogP contribution in [0.5, 0.6) is 0 Å². The van der Waals surface area contributed by atoms with Crippen molar-refractivity contribution in [1.82, 2.24) is 16.1 Å². The molecule has 1 aromatic carbocycles. The second-order valence-electron chi connectivity index (χ2n) is 2.08. The van der Waals surface area contributed by atoms with Crippen LogP contribution in [0.4, 0.5) is 0 Å². The summed E-state index contributed by atoms with van der Waals surface area (Å²) in [7, 11) is 0. The first-order valence-corrected chi connectivity index (χ1v) is 3.11. The van der Waals surface area contributed by atoms with Crippen LogP contribution in [0.25, 0.3) is 10.9 Å². The molecule has 0 N–H and O–H groups in total. The van der Waals surface area contributed by atoms with E-state index in [4.69, 9.17) is 0 Å². The minimum Gasteiger partial charge on any atom is -0.244 e. The van der Waals surface area contributed by atoms with Gasteiger partial charge in [0, 0.05) is 17.7 Å². The Hall–Kier alpha value is -1.48. The molecule has 0 bridgehead atoms. The minimum atomic E-state index is 0. The average Bonchev–Trinajstić information content (AvgIpc) is 2.05. The number of benzene rings is 1. The summed E-state index contributed by atoms with van der Waals surface area (Å²) in [4.78, 5) is 7.97. The monoisotopic (exact) mass is 144 g/mol. The van der Waals surface area contributed by atoms with Gasteiger partial charge in [0.2, 0.25) is 0 Å². The molecule has 0 unspecified atom stereocenters. The van der Waals surface area contributed by atoms with Gasteiger partial charge in [-0.25, -0.2) is 9.97 Å². The van der Waals surface area contributed by atoms with Crippen LogP contribution in [0, 0.1) is 0 Å². The Labute approximate surface area is 64.7 Å². The molecule has 2 aromatic rings. The van der Waals surface area contributed by atoms with Gasteiger partial charge in [-0.3, -0.25) is 0 Å². The molecule has 1 heterocycles. The van der Waals surface area contributed by atoms with Gasteiger partial charge >= 0.3 is 0 Å². The summed E-state index contributed by atoms with van der Waals surface area (Å²) in [6, 6.07) is 7.91. The average molecular weight is 144 g/mol. The van der Waals surface area contributed by atoms with E-state index in [0.29, 0.717) is 0 Å². The summed E-state index contributed by atoms with van der Waals surface area (Å²) in [5.74, 6) is 0. The predicted octanol–water partition coefficient (Wildman–Crippen LogP) is 1.15. The van der Waals surface area contributed by atoms with Gasteiger partial charge in [0.05, 0.1) is 5.52 Å². The summed E-state index contributed by atoms with van der Waals surface area (Å²) >= 11 is 0. The van der Waals surface area contributed by atoms with Crippen molar-refractivity contribution in [2.75, 3.05) is 0 Å². The number of rotatable bonds is 0. The van der Waals surface area contributed by atoms with Crippen LogP contribution in [-0.4, -0.2) is 9.97 Å². The van der Waals surface area contributed by atoms with Gasteiger partial charge in [-0.2, -0.15) is 0 Å². The first-order chi connectivity index (χ1) is 4.97. The fraction of sp³-hybridized carbons (Fsp3) is 0. The van der Waals surface area contributed by atoms with E-state index in [-0.39, 0.29) is 6.15 Å². The molecular weight excluding hydrogens is 138 g/mol. The van der Waals surface area contributed by atoms with Gasteiger partial charge in [-0.15, -0.1) is 0 Å². The van der Waals surface area contributed by atoms with E-state index < -0.39 is 0 Å².